The van der Waals surface area contributed by atoms with Crippen molar-refractivity contribution in [2.24, 2.45) is 11.8 Å². The normalized spacial score (nSPS) is 23.8. The van der Waals surface area contributed by atoms with Crippen molar-refractivity contribution in [1.82, 2.24) is 10.2 Å². The third-order valence-corrected chi connectivity index (χ3v) is 5.68. The molecule has 0 saturated carbocycles. The highest BCUT2D eigenvalue weighted by molar-refractivity contribution is 5.16. The molecule has 1 saturated heterocycles. The van der Waals surface area contributed by atoms with E-state index in [1.54, 1.807) is 18.2 Å². The van der Waals surface area contributed by atoms with E-state index in [9.17, 15) is 9.50 Å². The lowest BCUT2D eigenvalue weighted by atomic mass is 9.85. The number of aliphatic hydroxyl groups excluding tert-OH is 1. The molecule has 1 fully saturated rings. The van der Waals surface area contributed by atoms with Gasteiger partial charge in [0.2, 0.25) is 0 Å². The molecule has 1 heterocycles. The van der Waals surface area contributed by atoms with Gasteiger partial charge in [-0.05, 0) is 23.5 Å². The highest BCUT2D eigenvalue weighted by Gasteiger charge is 2.31. The highest BCUT2D eigenvalue weighted by atomic mass is 19.1. The van der Waals surface area contributed by atoms with Crippen LogP contribution >= 0.6 is 0 Å². The van der Waals surface area contributed by atoms with Gasteiger partial charge in [0, 0.05) is 37.8 Å². The molecule has 1 aliphatic heterocycles. The van der Waals surface area contributed by atoms with Gasteiger partial charge in [0.1, 0.15) is 5.82 Å². The molecule has 2 N–H and O–H groups in total. The number of ether oxygens (including phenoxy) is 1. The molecule has 2 aromatic rings. The number of benzene rings is 2. The smallest absolute Gasteiger partial charge is 0.128 e. The Morgan fingerprint density at radius 2 is 1.72 bits per heavy atom. The standard InChI is InChI=1S/C24H33FN2O2/c1-18-13-27(15-20-8-4-3-5-9-20)14-19(2)24(18)26-12-22(28)17-29-16-21-10-6-7-11-23(21)25/h3-11,18-19,22,24,26,28H,12-17H2,1-2H3/t18-,19+,22-,24?/m0/s1. The predicted molar refractivity (Wildman–Crippen MR) is 114 cm³/mol. The molecule has 0 radical (unpaired) electrons. The Bertz CT molecular complexity index is 731. The lowest BCUT2D eigenvalue weighted by molar-refractivity contribution is 0.0200. The average Bonchev–Trinajstić information content (AvgIpc) is 2.69. The maximum Gasteiger partial charge on any atom is 0.128 e. The number of nitrogens with one attached hydrogen (secondary N) is 1. The second-order valence-electron chi connectivity index (χ2n) is 8.33. The number of hydrogen-bond donors (Lipinski definition) is 2. The number of piperidine rings is 1. The summed E-state index contributed by atoms with van der Waals surface area (Å²) in [7, 11) is 0. The van der Waals surface area contributed by atoms with Crippen molar-refractivity contribution in [3.05, 3.63) is 71.5 Å². The molecule has 1 aliphatic rings. The van der Waals surface area contributed by atoms with Crippen LogP contribution in [0.4, 0.5) is 4.39 Å². The summed E-state index contributed by atoms with van der Waals surface area (Å²) in [5.74, 6) is 0.716. The molecular weight excluding hydrogens is 367 g/mol. The molecule has 0 aromatic heterocycles. The van der Waals surface area contributed by atoms with Crippen molar-refractivity contribution in [2.45, 2.75) is 39.1 Å². The fourth-order valence-corrected chi connectivity index (χ4v) is 4.30. The van der Waals surface area contributed by atoms with Gasteiger partial charge in [-0.25, -0.2) is 4.39 Å². The fourth-order valence-electron chi connectivity index (χ4n) is 4.30. The first kappa shape index (κ1) is 21.9. The van der Waals surface area contributed by atoms with Crippen LogP contribution in [0.1, 0.15) is 25.0 Å². The Kier molecular flexibility index (Phi) is 8.19. The molecule has 4 nitrogen and oxygen atoms in total. The van der Waals surface area contributed by atoms with Gasteiger partial charge in [-0.1, -0.05) is 62.4 Å². The summed E-state index contributed by atoms with van der Waals surface area (Å²) >= 11 is 0. The molecule has 5 heteroatoms. The number of halogens is 1. The van der Waals surface area contributed by atoms with Crippen LogP contribution in [-0.2, 0) is 17.9 Å². The van der Waals surface area contributed by atoms with E-state index in [0.29, 0.717) is 30.0 Å². The number of aliphatic hydroxyl groups is 1. The molecule has 1 unspecified atom stereocenters. The molecule has 0 amide bonds. The van der Waals surface area contributed by atoms with Crippen molar-refractivity contribution < 1.29 is 14.2 Å². The van der Waals surface area contributed by atoms with Gasteiger partial charge < -0.3 is 15.2 Å². The van der Waals surface area contributed by atoms with Crippen LogP contribution in [0.15, 0.2) is 54.6 Å². The summed E-state index contributed by atoms with van der Waals surface area (Å²) in [5.41, 5.74) is 1.86. The molecule has 2 aromatic carbocycles. The zero-order valence-electron chi connectivity index (χ0n) is 17.4. The lowest BCUT2D eigenvalue weighted by Gasteiger charge is -2.42. The molecule has 0 aliphatic carbocycles. The van der Waals surface area contributed by atoms with Gasteiger partial charge in [-0.2, -0.15) is 0 Å². The molecule has 0 bridgehead atoms. The van der Waals surface area contributed by atoms with Crippen molar-refractivity contribution >= 4 is 0 Å². The van der Waals surface area contributed by atoms with Crippen molar-refractivity contribution in [2.75, 3.05) is 26.2 Å². The molecular formula is C24H33FN2O2. The monoisotopic (exact) mass is 400 g/mol. The molecule has 0 spiro atoms. The Balaban J connectivity index is 1.39. The zero-order valence-corrected chi connectivity index (χ0v) is 17.4. The van der Waals surface area contributed by atoms with E-state index in [0.717, 1.165) is 19.6 Å². The molecule has 4 atom stereocenters. The quantitative estimate of drug-likeness (QED) is 0.677. The largest absolute Gasteiger partial charge is 0.389 e. The second-order valence-corrected chi connectivity index (χ2v) is 8.33. The van der Waals surface area contributed by atoms with Gasteiger partial charge in [-0.15, -0.1) is 0 Å². The molecule has 158 valence electrons. The van der Waals surface area contributed by atoms with E-state index in [1.165, 1.54) is 11.6 Å². The van der Waals surface area contributed by atoms with Gasteiger partial charge in [-0.3, -0.25) is 4.90 Å². The van der Waals surface area contributed by atoms with Gasteiger partial charge in [0.05, 0.1) is 19.3 Å². The van der Waals surface area contributed by atoms with Crippen molar-refractivity contribution in [3.8, 4) is 0 Å². The third kappa shape index (κ3) is 6.61. The minimum Gasteiger partial charge on any atom is -0.389 e. The summed E-state index contributed by atoms with van der Waals surface area (Å²) < 4.78 is 19.1. The highest BCUT2D eigenvalue weighted by Crippen LogP contribution is 2.23. The van der Waals surface area contributed by atoms with Crippen LogP contribution in [0.25, 0.3) is 0 Å². The van der Waals surface area contributed by atoms with Crippen molar-refractivity contribution in [1.29, 1.82) is 0 Å². The van der Waals surface area contributed by atoms with E-state index >= 15 is 0 Å². The minimum atomic E-state index is -0.608. The first-order valence-electron chi connectivity index (χ1n) is 10.5. The second kappa shape index (κ2) is 10.8. The Morgan fingerprint density at radius 3 is 2.41 bits per heavy atom. The lowest BCUT2D eigenvalue weighted by Crippen LogP contribution is -2.54. The van der Waals surface area contributed by atoms with Crippen LogP contribution < -0.4 is 5.32 Å². The van der Waals surface area contributed by atoms with E-state index in [1.807, 2.05) is 0 Å². The van der Waals surface area contributed by atoms with Crippen LogP contribution in [0.3, 0.4) is 0 Å². The summed E-state index contributed by atoms with van der Waals surface area (Å²) in [5, 5.41) is 13.8. The fraction of sp³-hybridized carbons (Fsp3) is 0.500. The van der Waals surface area contributed by atoms with E-state index in [4.69, 9.17) is 4.74 Å². The summed E-state index contributed by atoms with van der Waals surface area (Å²) in [6, 6.07) is 17.5. The minimum absolute atomic E-state index is 0.175. The van der Waals surface area contributed by atoms with Crippen LogP contribution in [0, 0.1) is 17.7 Å². The number of hydrogen-bond acceptors (Lipinski definition) is 4. The van der Waals surface area contributed by atoms with Gasteiger partial charge in [0.15, 0.2) is 0 Å². The number of nitrogens with zero attached hydrogens (tertiary/aromatic N) is 1. The average molecular weight is 401 g/mol. The summed E-state index contributed by atoms with van der Waals surface area (Å²) in [6.07, 6.45) is -0.608. The van der Waals surface area contributed by atoms with Crippen LogP contribution in [-0.4, -0.2) is 48.4 Å². The summed E-state index contributed by atoms with van der Waals surface area (Å²) in [6.45, 7) is 8.45. The first-order valence-corrected chi connectivity index (χ1v) is 10.5. The third-order valence-electron chi connectivity index (χ3n) is 5.68. The van der Waals surface area contributed by atoms with E-state index < -0.39 is 6.10 Å². The van der Waals surface area contributed by atoms with E-state index in [-0.39, 0.29) is 19.0 Å². The maximum atomic E-state index is 13.6. The Morgan fingerprint density at radius 1 is 1.07 bits per heavy atom. The topological polar surface area (TPSA) is 44.7 Å². The summed E-state index contributed by atoms with van der Waals surface area (Å²) in [4.78, 5) is 2.51. The van der Waals surface area contributed by atoms with E-state index in [2.05, 4.69) is 54.4 Å². The van der Waals surface area contributed by atoms with Gasteiger partial charge >= 0.3 is 0 Å². The number of likely N-dealkylation sites (tertiary alicyclic amines) is 1. The van der Waals surface area contributed by atoms with Crippen LogP contribution in [0.5, 0.6) is 0 Å². The zero-order chi connectivity index (χ0) is 20.6. The predicted octanol–water partition coefficient (Wildman–Crippen LogP) is 3.45. The first-order chi connectivity index (χ1) is 14.0. The van der Waals surface area contributed by atoms with Crippen molar-refractivity contribution in [3.63, 3.8) is 0 Å². The Hall–Kier alpha value is -1.79. The number of rotatable bonds is 9. The van der Waals surface area contributed by atoms with Gasteiger partial charge in [0.25, 0.3) is 0 Å². The molecule has 29 heavy (non-hydrogen) atoms. The molecule has 3 rings (SSSR count). The van der Waals surface area contributed by atoms with Crippen LogP contribution in [0.2, 0.25) is 0 Å². The SMILES string of the molecule is C[C@@H]1CN(Cc2ccccc2)C[C@H](C)C1NC[C@H](O)COCc1ccccc1F. The Labute approximate surface area is 173 Å². The maximum absolute atomic E-state index is 13.6.